The van der Waals surface area contributed by atoms with Crippen molar-refractivity contribution in [3.8, 4) is 0 Å². The van der Waals surface area contributed by atoms with Crippen LogP contribution >= 0.6 is 0 Å². The van der Waals surface area contributed by atoms with Gasteiger partial charge in [-0.3, -0.25) is 0 Å². The third kappa shape index (κ3) is 4.88. The van der Waals surface area contributed by atoms with Gasteiger partial charge in [-0.1, -0.05) is 0 Å². The fourth-order valence-corrected chi connectivity index (χ4v) is 3.22. The molecule has 26 heavy (non-hydrogen) atoms. The van der Waals surface area contributed by atoms with Gasteiger partial charge in [-0.25, -0.2) is 13.6 Å². The van der Waals surface area contributed by atoms with E-state index in [1.54, 1.807) is 20.8 Å². The summed E-state index contributed by atoms with van der Waals surface area (Å²) in [6.07, 6.45) is -0.612. The molecule has 0 saturated carbocycles. The van der Waals surface area contributed by atoms with Crippen LogP contribution in [0.25, 0.3) is 0 Å². The van der Waals surface area contributed by atoms with Gasteiger partial charge in [0.25, 0.3) is 5.92 Å². The highest BCUT2D eigenvalue weighted by atomic mass is 19.3. The van der Waals surface area contributed by atoms with Crippen molar-refractivity contribution in [1.82, 2.24) is 4.90 Å². The van der Waals surface area contributed by atoms with Crippen molar-refractivity contribution >= 4 is 13.2 Å². The predicted molar refractivity (Wildman–Crippen MR) is 96.4 cm³/mol. The van der Waals surface area contributed by atoms with Crippen LogP contribution in [-0.4, -0.2) is 53.9 Å². The highest BCUT2D eigenvalue weighted by molar-refractivity contribution is 6.45. The van der Waals surface area contributed by atoms with Gasteiger partial charge in [-0.05, 0) is 61.2 Å². The average Bonchev–Trinajstić information content (AvgIpc) is 2.52. The number of hydrogen-bond donors (Lipinski definition) is 0. The highest BCUT2D eigenvalue weighted by Gasteiger charge is 2.54. The molecule has 2 aliphatic rings. The number of nitrogens with zero attached hydrogens (tertiary/aromatic N) is 1. The smallest absolute Gasteiger partial charge is 0.444 e. The molecule has 2 rings (SSSR count). The van der Waals surface area contributed by atoms with E-state index in [4.69, 9.17) is 14.0 Å². The Balaban J connectivity index is 2.01. The molecule has 0 aromatic rings. The van der Waals surface area contributed by atoms with Crippen molar-refractivity contribution in [1.29, 1.82) is 0 Å². The second-order valence-electron chi connectivity index (χ2n) is 9.39. The zero-order valence-electron chi connectivity index (χ0n) is 17.0. The molecule has 5 nitrogen and oxygen atoms in total. The van der Waals surface area contributed by atoms with E-state index in [-0.39, 0.29) is 32.3 Å². The summed E-state index contributed by atoms with van der Waals surface area (Å²) in [6.45, 7) is 13.1. The Kier molecular flexibility index (Phi) is 5.71. The fourth-order valence-electron chi connectivity index (χ4n) is 3.22. The van der Waals surface area contributed by atoms with Gasteiger partial charge in [0.2, 0.25) is 0 Å². The Bertz CT molecular complexity index is 518. The molecule has 8 heteroatoms. The molecule has 2 saturated heterocycles. The molecule has 0 N–H and O–H groups in total. The lowest BCUT2D eigenvalue weighted by Gasteiger charge is -2.32. The van der Waals surface area contributed by atoms with Crippen LogP contribution in [0, 0.1) is 5.92 Å². The minimum atomic E-state index is -2.87. The molecule has 0 aromatic carbocycles. The van der Waals surface area contributed by atoms with E-state index < -0.39 is 41.9 Å². The first-order valence-electron chi connectivity index (χ1n) is 9.34. The molecule has 0 aromatic heterocycles. The summed E-state index contributed by atoms with van der Waals surface area (Å²) in [4.78, 5) is 13.6. The van der Waals surface area contributed by atoms with Crippen LogP contribution in [0.5, 0.6) is 0 Å². The SMILES string of the molecule is CC(C)(C)OC(=O)N1CCC(CB2OC(C)(C)C(C)(C)O2)C(F)(F)CC1. The summed E-state index contributed by atoms with van der Waals surface area (Å²) in [7, 11) is -0.663. The second kappa shape index (κ2) is 6.93. The molecule has 0 spiro atoms. The minimum Gasteiger partial charge on any atom is -0.444 e. The zero-order valence-corrected chi connectivity index (χ0v) is 17.0. The molecule has 0 radical (unpaired) electrons. The molecule has 0 bridgehead atoms. The van der Waals surface area contributed by atoms with E-state index in [9.17, 15) is 13.6 Å². The van der Waals surface area contributed by atoms with Gasteiger partial charge in [0.15, 0.2) is 0 Å². The number of rotatable bonds is 2. The number of likely N-dealkylation sites (tertiary alicyclic amines) is 1. The van der Waals surface area contributed by atoms with Gasteiger partial charge in [0.1, 0.15) is 5.60 Å². The Morgan fingerprint density at radius 2 is 1.69 bits per heavy atom. The maximum absolute atomic E-state index is 14.7. The number of alkyl halides is 2. The van der Waals surface area contributed by atoms with Crippen LogP contribution < -0.4 is 0 Å². The molecular formula is C18H32BF2NO4. The molecule has 1 unspecified atom stereocenters. The lowest BCUT2D eigenvalue weighted by Crippen LogP contribution is -2.41. The topological polar surface area (TPSA) is 48.0 Å². The fraction of sp³-hybridized carbons (Fsp3) is 0.944. The van der Waals surface area contributed by atoms with Crippen molar-refractivity contribution in [2.45, 2.75) is 90.4 Å². The first-order chi connectivity index (χ1) is 11.6. The summed E-state index contributed by atoms with van der Waals surface area (Å²) in [6, 6.07) is 0. The maximum Gasteiger partial charge on any atom is 0.458 e. The quantitative estimate of drug-likeness (QED) is 0.673. The Hall–Kier alpha value is -0.885. The Morgan fingerprint density at radius 3 is 2.19 bits per heavy atom. The van der Waals surface area contributed by atoms with Gasteiger partial charge >= 0.3 is 13.2 Å². The minimum absolute atomic E-state index is 0.0121. The standard InChI is InChI=1S/C18H32BF2NO4/c1-15(2,3)24-14(23)22-10-8-13(18(20,21)9-11-22)12-19-25-16(4,5)17(6,7)26-19/h13H,8-12H2,1-7H3. The molecule has 2 fully saturated rings. The van der Waals surface area contributed by atoms with E-state index in [0.29, 0.717) is 0 Å². The van der Waals surface area contributed by atoms with E-state index in [2.05, 4.69) is 0 Å². The highest BCUT2D eigenvalue weighted by Crippen LogP contribution is 2.43. The van der Waals surface area contributed by atoms with Crippen LogP contribution in [-0.2, 0) is 14.0 Å². The predicted octanol–water partition coefficient (Wildman–Crippen LogP) is 4.36. The Labute approximate surface area is 155 Å². The van der Waals surface area contributed by atoms with Crippen molar-refractivity contribution in [3.05, 3.63) is 0 Å². The number of carbonyl (C=O) groups excluding carboxylic acids is 1. The van der Waals surface area contributed by atoms with Crippen LogP contribution in [0.15, 0.2) is 0 Å². The Morgan fingerprint density at radius 1 is 1.15 bits per heavy atom. The van der Waals surface area contributed by atoms with Crippen LogP contribution in [0.1, 0.15) is 61.3 Å². The monoisotopic (exact) mass is 375 g/mol. The summed E-state index contributed by atoms with van der Waals surface area (Å²) in [5.74, 6) is -3.77. The van der Waals surface area contributed by atoms with Crippen LogP contribution in [0.2, 0.25) is 6.32 Å². The van der Waals surface area contributed by atoms with Crippen molar-refractivity contribution in [2.24, 2.45) is 5.92 Å². The second-order valence-corrected chi connectivity index (χ2v) is 9.39. The molecular weight excluding hydrogens is 343 g/mol. The van der Waals surface area contributed by atoms with E-state index in [1.807, 2.05) is 27.7 Å². The van der Waals surface area contributed by atoms with Crippen molar-refractivity contribution in [2.75, 3.05) is 13.1 Å². The zero-order chi connectivity index (χ0) is 20.0. The molecule has 2 aliphatic heterocycles. The summed E-state index contributed by atoms with van der Waals surface area (Å²) < 4.78 is 46.4. The third-order valence-corrected chi connectivity index (χ3v) is 5.49. The summed E-state index contributed by atoms with van der Waals surface area (Å²) >= 11 is 0. The lowest BCUT2D eigenvalue weighted by atomic mass is 9.73. The summed E-state index contributed by atoms with van der Waals surface area (Å²) in [5.41, 5.74) is -1.73. The molecule has 150 valence electrons. The van der Waals surface area contributed by atoms with Crippen LogP contribution in [0.4, 0.5) is 13.6 Å². The van der Waals surface area contributed by atoms with Gasteiger partial charge in [-0.2, -0.15) is 0 Å². The van der Waals surface area contributed by atoms with Gasteiger partial charge in [0.05, 0.1) is 11.2 Å². The number of ether oxygens (including phenoxy) is 1. The first-order valence-corrected chi connectivity index (χ1v) is 9.34. The number of halogens is 2. The van der Waals surface area contributed by atoms with Gasteiger partial charge in [0, 0.05) is 25.4 Å². The molecule has 1 amide bonds. The molecule has 1 atom stereocenters. The largest absolute Gasteiger partial charge is 0.458 e. The number of hydrogen-bond acceptors (Lipinski definition) is 4. The summed E-state index contributed by atoms with van der Waals surface area (Å²) in [5, 5.41) is 0. The average molecular weight is 375 g/mol. The van der Waals surface area contributed by atoms with Crippen LogP contribution in [0.3, 0.4) is 0 Å². The maximum atomic E-state index is 14.7. The third-order valence-electron chi connectivity index (χ3n) is 5.49. The van der Waals surface area contributed by atoms with Crippen molar-refractivity contribution in [3.63, 3.8) is 0 Å². The van der Waals surface area contributed by atoms with Gasteiger partial charge < -0.3 is 18.9 Å². The molecule has 2 heterocycles. The van der Waals surface area contributed by atoms with Gasteiger partial charge in [-0.15, -0.1) is 0 Å². The normalized spacial score (nSPS) is 28.0. The number of amides is 1. The lowest BCUT2D eigenvalue weighted by molar-refractivity contribution is -0.0566. The number of carbonyl (C=O) groups is 1. The van der Waals surface area contributed by atoms with Crippen molar-refractivity contribution < 1.29 is 27.6 Å². The van der Waals surface area contributed by atoms with E-state index >= 15 is 0 Å². The van der Waals surface area contributed by atoms with E-state index in [1.165, 1.54) is 4.90 Å². The molecule has 0 aliphatic carbocycles. The first kappa shape index (κ1) is 21.4. The van der Waals surface area contributed by atoms with E-state index in [0.717, 1.165) is 0 Å².